The Morgan fingerprint density at radius 2 is 1.88 bits per heavy atom. The molecule has 0 fully saturated rings. The molecule has 2 aromatic heterocycles. The number of carbonyl (C=O) groups is 1. The van der Waals surface area contributed by atoms with E-state index in [0.29, 0.717) is 23.8 Å². The van der Waals surface area contributed by atoms with Crippen molar-refractivity contribution in [3.05, 3.63) is 86.8 Å². The molecule has 0 aliphatic rings. The van der Waals surface area contributed by atoms with Crippen LogP contribution in [0.3, 0.4) is 0 Å². The fourth-order valence-corrected chi connectivity index (χ4v) is 4.19. The Bertz CT molecular complexity index is 1370. The zero-order chi connectivity index (χ0) is 24.1. The minimum Gasteiger partial charge on any atom is -0.465 e. The summed E-state index contributed by atoms with van der Waals surface area (Å²) < 4.78 is 6.48. The van der Waals surface area contributed by atoms with Gasteiger partial charge in [-0.25, -0.2) is 9.89 Å². The van der Waals surface area contributed by atoms with E-state index in [9.17, 15) is 9.59 Å². The molecule has 0 spiro atoms. The molecular weight excluding hydrogens is 454 g/mol. The average molecular weight is 478 g/mol. The molecule has 34 heavy (non-hydrogen) atoms. The first-order valence-electron chi connectivity index (χ1n) is 11.0. The summed E-state index contributed by atoms with van der Waals surface area (Å²) in [6.07, 6.45) is 2.55. The third-order valence-corrected chi connectivity index (χ3v) is 5.93. The molecule has 2 heterocycles. The number of aromatic amines is 1. The molecule has 9 heteroatoms. The number of aryl methyl sites for hydroxylation is 1. The van der Waals surface area contributed by atoms with Crippen molar-refractivity contribution in [2.75, 3.05) is 7.11 Å². The first kappa shape index (κ1) is 23.4. The summed E-state index contributed by atoms with van der Waals surface area (Å²) in [5.41, 5.74) is 4.23. The van der Waals surface area contributed by atoms with Crippen molar-refractivity contribution in [2.45, 2.75) is 32.7 Å². The summed E-state index contributed by atoms with van der Waals surface area (Å²) in [4.78, 5) is 24.9. The van der Waals surface area contributed by atoms with E-state index in [1.54, 1.807) is 10.6 Å². The van der Waals surface area contributed by atoms with Gasteiger partial charge in [0.2, 0.25) is 0 Å². The highest BCUT2D eigenvalue weighted by atomic mass is 35.5. The number of hydrogen-bond donors (Lipinski definition) is 1. The zero-order valence-electron chi connectivity index (χ0n) is 18.9. The molecule has 0 saturated heterocycles. The predicted molar refractivity (Wildman–Crippen MR) is 130 cm³/mol. The number of nitrogens with one attached hydrogen (secondary N) is 1. The van der Waals surface area contributed by atoms with E-state index >= 15 is 0 Å². The van der Waals surface area contributed by atoms with Crippen molar-refractivity contribution in [1.82, 2.24) is 25.2 Å². The first-order valence-corrected chi connectivity index (χ1v) is 11.3. The Balaban J connectivity index is 1.69. The van der Waals surface area contributed by atoms with Crippen molar-refractivity contribution in [3.63, 3.8) is 0 Å². The number of unbranched alkanes of at least 4 members (excludes halogenated alkanes) is 1. The van der Waals surface area contributed by atoms with Gasteiger partial charge in [0.05, 0.1) is 19.2 Å². The maximum absolute atomic E-state index is 12.9. The SMILES string of the molecule is CCCCc1cc(C(=O)OC)cc(=O)n1Cc1ccc(-c2ccccc2-c2nnn[nH]2)c(Cl)c1. The highest BCUT2D eigenvalue weighted by molar-refractivity contribution is 6.33. The number of esters is 1. The topological polar surface area (TPSA) is 103 Å². The maximum atomic E-state index is 12.9. The number of ether oxygens (including phenoxy) is 1. The third-order valence-electron chi connectivity index (χ3n) is 5.61. The molecule has 0 atom stereocenters. The van der Waals surface area contributed by atoms with Crippen LogP contribution in [-0.2, 0) is 17.7 Å². The third kappa shape index (κ3) is 4.92. The number of halogens is 1. The molecule has 8 nitrogen and oxygen atoms in total. The van der Waals surface area contributed by atoms with Gasteiger partial charge in [-0.05, 0) is 46.5 Å². The second-order valence-corrected chi connectivity index (χ2v) is 8.27. The highest BCUT2D eigenvalue weighted by Gasteiger charge is 2.15. The van der Waals surface area contributed by atoms with Crippen LogP contribution in [-0.4, -0.2) is 38.3 Å². The molecule has 0 aliphatic carbocycles. The Labute approximate surface area is 201 Å². The summed E-state index contributed by atoms with van der Waals surface area (Å²) in [5, 5.41) is 14.7. The van der Waals surface area contributed by atoms with E-state index in [0.717, 1.165) is 40.8 Å². The van der Waals surface area contributed by atoms with Crippen molar-refractivity contribution < 1.29 is 9.53 Å². The van der Waals surface area contributed by atoms with Gasteiger partial charge in [-0.3, -0.25) is 4.79 Å². The lowest BCUT2D eigenvalue weighted by Crippen LogP contribution is -2.25. The van der Waals surface area contributed by atoms with Gasteiger partial charge in [-0.15, -0.1) is 5.10 Å². The van der Waals surface area contributed by atoms with E-state index in [-0.39, 0.29) is 11.1 Å². The van der Waals surface area contributed by atoms with Crippen LogP contribution in [0.2, 0.25) is 5.02 Å². The molecule has 0 bridgehead atoms. The largest absolute Gasteiger partial charge is 0.465 e. The van der Waals surface area contributed by atoms with Crippen LogP contribution in [0.5, 0.6) is 0 Å². The molecule has 4 rings (SSSR count). The summed E-state index contributed by atoms with van der Waals surface area (Å²) in [6.45, 7) is 2.42. The van der Waals surface area contributed by atoms with E-state index in [2.05, 4.69) is 27.5 Å². The van der Waals surface area contributed by atoms with E-state index in [4.69, 9.17) is 16.3 Å². The molecule has 174 valence electrons. The number of tetrazole rings is 1. The van der Waals surface area contributed by atoms with Crippen molar-refractivity contribution in [1.29, 1.82) is 0 Å². The molecule has 1 N–H and O–H groups in total. The summed E-state index contributed by atoms with van der Waals surface area (Å²) in [7, 11) is 1.31. The lowest BCUT2D eigenvalue weighted by atomic mass is 9.98. The van der Waals surface area contributed by atoms with Crippen LogP contribution in [0.1, 0.15) is 41.4 Å². The van der Waals surface area contributed by atoms with Gasteiger partial charge in [0.15, 0.2) is 5.82 Å². The van der Waals surface area contributed by atoms with Crippen LogP contribution in [0.4, 0.5) is 0 Å². The number of carbonyl (C=O) groups excluding carboxylic acids is 1. The van der Waals surface area contributed by atoms with Crippen LogP contribution in [0, 0.1) is 0 Å². The average Bonchev–Trinajstić information content (AvgIpc) is 3.39. The summed E-state index contributed by atoms with van der Waals surface area (Å²) in [5.74, 6) is 0.0311. The van der Waals surface area contributed by atoms with Gasteiger partial charge in [0, 0.05) is 27.9 Å². The number of H-pyrrole nitrogens is 1. The Morgan fingerprint density at radius 1 is 1.09 bits per heavy atom. The number of pyridine rings is 1. The maximum Gasteiger partial charge on any atom is 0.338 e. The van der Waals surface area contributed by atoms with E-state index in [1.165, 1.54) is 13.2 Å². The molecule has 0 saturated carbocycles. The van der Waals surface area contributed by atoms with Crippen LogP contribution >= 0.6 is 11.6 Å². The van der Waals surface area contributed by atoms with Crippen LogP contribution < -0.4 is 5.56 Å². The molecular formula is C25H24ClN5O3. The normalized spacial score (nSPS) is 10.9. The Kier molecular flexibility index (Phi) is 7.18. The van der Waals surface area contributed by atoms with Gasteiger partial charge in [-0.1, -0.05) is 61.3 Å². The minimum atomic E-state index is -0.519. The Hall–Kier alpha value is -3.78. The quantitative estimate of drug-likeness (QED) is 0.374. The standard InChI is InChI=1S/C25H24ClN5O3/c1-3-4-7-18-13-17(25(33)34-2)14-23(32)31(18)15-16-10-11-20(22(26)12-16)19-8-5-6-9-21(19)24-27-29-30-28-24/h5-6,8-14H,3-4,7,15H2,1-2H3,(H,27,28,29,30). The van der Waals surface area contributed by atoms with Crippen LogP contribution in [0.25, 0.3) is 22.5 Å². The van der Waals surface area contributed by atoms with Gasteiger partial charge in [0.1, 0.15) is 0 Å². The summed E-state index contributed by atoms with van der Waals surface area (Å²) >= 11 is 6.70. The van der Waals surface area contributed by atoms with Crippen molar-refractivity contribution in [3.8, 4) is 22.5 Å². The fraction of sp³-hybridized carbons (Fsp3) is 0.240. The minimum absolute atomic E-state index is 0.252. The second-order valence-electron chi connectivity index (χ2n) is 7.86. The highest BCUT2D eigenvalue weighted by Crippen LogP contribution is 2.35. The van der Waals surface area contributed by atoms with E-state index in [1.807, 2.05) is 42.5 Å². The fourth-order valence-electron chi connectivity index (χ4n) is 3.89. The first-order chi connectivity index (χ1) is 16.5. The number of rotatable bonds is 8. The van der Waals surface area contributed by atoms with E-state index < -0.39 is 5.97 Å². The van der Waals surface area contributed by atoms with Crippen molar-refractivity contribution >= 4 is 17.6 Å². The molecule has 0 aliphatic heterocycles. The number of methoxy groups -OCH3 is 1. The van der Waals surface area contributed by atoms with Gasteiger partial charge in [0.25, 0.3) is 5.56 Å². The smallest absolute Gasteiger partial charge is 0.338 e. The molecule has 0 amide bonds. The van der Waals surface area contributed by atoms with Gasteiger partial charge >= 0.3 is 5.97 Å². The molecule has 0 unspecified atom stereocenters. The second kappa shape index (κ2) is 10.4. The van der Waals surface area contributed by atoms with Crippen molar-refractivity contribution in [2.24, 2.45) is 0 Å². The number of nitrogens with zero attached hydrogens (tertiary/aromatic N) is 4. The number of aromatic nitrogens is 5. The van der Waals surface area contributed by atoms with Crippen LogP contribution in [0.15, 0.2) is 59.4 Å². The lowest BCUT2D eigenvalue weighted by Gasteiger charge is -2.15. The Morgan fingerprint density at radius 3 is 2.56 bits per heavy atom. The molecule has 4 aromatic rings. The predicted octanol–water partition coefficient (Wildman–Crippen LogP) is 4.53. The lowest BCUT2D eigenvalue weighted by molar-refractivity contribution is 0.0600. The summed E-state index contributed by atoms with van der Waals surface area (Å²) in [6, 6.07) is 16.5. The molecule has 2 aromatic carbocycles. The zero-order valence-corrected chi connectivity index (χ0v) is 19.7. The van der Waals surface area contributed by atoms with Gasteiger partial charge < -0.3 is 9.30 Å². The monoisotopic (exact) mass is 477 g/mol. The van der Waals surface area contributed by atoms with Gasteiger partial charge in [-0.2, -0.15) is 0 Å². The molecule has 0 radical (unpaired) electrons. The number of benzene rings is 2. The number of hydrogen-bond acceptors (Lipinski definition) is 6.